The van der Waals surface area contributed by atoms with Gasteiger partial charge in [-0.25, -0.2) is 22.6 Å². The molecular formula is C19H17ClF2N2O4S. The van der Waals surface area contributed by atoms with Gasteiger partial charge in [0.05, 0.1) is 6.61 Å². The zero-order chi connectivity index (χ0) is 21.2. The largest absolute Gasteiger partial charge is 0.463 e. The number of sulfonamides is 1. The van der Waals surface area contributed by atoms with Crippen molar-refractivity contribution in [2.45, 2.75) is 30.6 Å². The second-order valence-electron chi connectivity index (χ2n) is 6.41. The molecule has 1 N–H and O–H groups in total. The molecule has 2 aromatic rings. The molecule has 29 heavy (non-hydrogen) atoms. The highest BCUT2D eigenvalue weighted by Crippen LogP contribution is 2.44. The first-order valence-electron chi connectivity index (χ1n) is 8.70. The minimum Gasteiger partial charge on any atom is -0.463 e. The normalized spacial score (nSPS) is 16.1. The first-order valence-corrected chi connectivity index (χ1v) is 10.6. The van der Waals surface area contributed by atoms with Gasteiger partial charge >= 0.3 is 5.97 Å². The molecule has 154 valence electrons. The standard InChI is InChI=1S/C19H17ClF2N2O4S/c1-2-28-19(25)8-11-6-12(7-11)13-9-15(21)16(10-14(13)20)29(26,27)24-18-5-3-4-17(22)23-18/h3-5,8-10,12H,2,6-7H2,1H3,(H,23,24). The maximum absolute atomic E-state index is 14.6. The monoisotopic (exact) mass is 442 g/mol. The van der Waals surface area contributed by atoms with Crippen LogP contribution >= 0.6 is 11.6 Å². The fourth-order valence-corrected chi connectivity index (χ4v) is 4.45. The van der Waals surface area contributed by atoms with Crippen molar-refractivity contribution in [3.63, 3.8) is 0 Å². The molecular weight excluding hydrogens is 426 g/mol. The van der Waals surface area contributed by atoms with Crippen LogP contribution in [0.2, 0.25) is 5.02 Å². The van der Waals surface area contributed by atoms with Crippen molar-refractivity contribution in [2.24, 2.45) is 0 Å². The lowest BCUT2D eigenvalue weighted by Gasteiger charge is -2.30. The number of carbonyl (C=O) groups is 1. The molecule has 0 atom stereocenters. The third-order valence-corrected chi connectivity index (χ3v) is 6.06. The Labute approximate surface area is 171 Å². The number of benzene rings is 1. The van der Waals surface area contributed by atoms with Crippen molar-refractivity contribution in [1.29, 1.82) is 0 Å². The Balaban J connectivity index is 1.79. The summed E-state index contributed by atoms with van der Waals surface area (Å²) in [5, 5.41) is 0.0826. The Hall–Kier alpha value is -2.52. The van der Waals surface area contributed by atoms with E-state index in [4.69, 9.17) is 16.3 Å². The Kier molecular flexibility index (Phi) is 6.18. The minimum absolute atomic E-state index is 0.0826. The van der Waals surface area contributed by atoms with E-state index in [1.54, 1.807) is 6.92 Å². The summed E-state index contributed by atoms with van der Waals surface area (Å²) in [7, 11) is -4.36. The van der Waals surface area contributed by atoms with Crippen LogP contribution in [0.5, 0.6) is 0 Å². The van der Waals surface area contributed by atoms with Crippen LogP contribution < -0.4 is 4.72 Å². The predicted octanol–water partition coefficient (Wildman–Crippen LogP) is 4.18. The van der Waals surface area contributed by atoms with Crippen LogP contribution in [0.1, 0.15) is 31.2 Å². The van der Waals surface area contributed by atoms with Crippen LogP contribution in [-0.2, 0) is 19.6 Å². The van der Waals surface area contributed by atoms with Crippen molar-refractivity contribution in [3.05, 3.63) is 64.3 Å². The molecule has 1 aliphatic rings. The van der Waals surface area contributed by atoms with Gasteiger partial charge in [0.1, 0.15) is 16.5 Å². The molecule has 0 unspecified atom stereocenters. The van der Waals surface area contributed by atoms with Gasteiger partial charge in [-0.05, 0) is 55.5 Å². The lowest BCUT2D eigenvalue weighted by Crippen LogP contribution is -2.18. The van der Waals surface area contributed by atoms with Gasteiger partial charge in [-0.3, -0.25) is 4.72 Å². The molecule has 3 rings (SSSR count). The number of anilines is 1. The number of esters is 1. The van der Waals surface area contributed by atoms with Crippen LogP contribution in [0.25, 0.3) is 0 Å². The summed E-state index contributed by atoms with van der Waals surface area (Å²) >= 11 is 6.20. The smallest absolute Gasteiger partial charge is 0.330 e. The summed E-state index contributed by atoms with van der Waals surface area (Å²) in [6.45, 7) is 1.98. The lowest BCUT2D eigenvalue weighted by molar-refractivity contribution is -0.137. The summed E-state index contributed by atoms with van der Waals surface area (Å²) < 4.78 is 59.5. The van der Waals surface area contributed by atoms with E-state index in [-0.39, 0.29) is 23.4 Å². The molecule has 0 aliphatic heterocycles. The molecule has 6 nitrogen and oxygen atoms in total. The van der Waals surface area contributed by atoms with E-state index in [2.05, 4.69) is 4.98 Å². The van der Waals surface area contributed by atoms with Gasteiger partial charge in [0.2, 0.25) is 5.95 Å². The van der Waals surface area contributed by atoms with Crippen molar-refractivity contribution in [2.75, 3.05) is 11.3 Å². The number of carbonyl (C=O) groups excluding carboxylic acids is 1. The molecule has 1 saturated carbocycles. The van der Waals surface area contributed by atoms with Crippen molar-refractivity contribution in [1.82, 2.24) is 4.98 Å². The van der Waals surface area contributed by atoms with Gasteiger partial charge in [-0.2, -0.15) is 4.39 Å². The number of halogens is 3. The second-order valence-corrected chi connectivity index (χ2v) is 8.47. The number of allylic oxidation sites excluding steroid dienone is 1. The Morgan fingerprint density at radius 3 is 2.72 bits per heavy atom. The van der Waals surface area contributed by atoms with Gasteiger partial charge in [0.25, 0.3) is 10.0 Å². The Morgan fingerprint density at radius 2 is 2.07 bits per heavy atom. The molecule has 1 aromatic heterocycles. The van der Waals surface area contributed by atoms with Crippen molar-refractivity contribution in [3.8, 4) is 0 Å². The highest BCUT2D eigenvalue weighted by Gasteiger charge is 2.30. The number of pyridine rings is 1. The van der Waals surface area contributed by atoms with E-state index >= 15 is 0 Å². The molecule has 0 amide bonds. The lowest BCUT2D eigenvalue weighted by atomic mass is 9.75. The number of hydrogen-bond acceptors (Lipinski definition) is 5. The summed E-state index contributed by atoms with van der Waals surface area (Å²) in [4.78, 5) is 14.2. The van der Waals surface area contributed by atoms with Crippen LogP contribution in [0.4, 0.5) is 14.6 Å². The molecule has 0 spiro atoms. The van der Waals surface area contributed by atoms with Gasteiger partial charge in [0, 0.05) is 11.1 Å². The third kappa shape index (κ3) is 4.91. The predicted molar refractivity (Wildman–Crippen MR) is 103 cm³/mol. The number of rotatable bonds is 6. The fraction of sp³-hybridized carbons (Fsp3) is 0.263. The minimum atomic E-state index is -4.36. The molecule has 1 fully saturated rings. The van der Waals surface area contributed by atoms with E-state index in [9.17, 15) is 22.0 Å². The van der Waals surface area contributed by atoms with Gasteiger partial charge < -0.3 is 4.74 Å². The summed E-state index contributed by atoms with van der Waals surface area (Å²) in [6, 6.07) is 5.64. The maximum Gasteiger partial charge on any atom is 0.330 e. The van der Waals surface area contributed by atoms with Crippen LogP contribution in [0.3, 0.4) is 0 Å². The third-order valence-electron chi connectivity index (χ3n) is 4.36. The molecule has 1 heterocycles. The van der Waals surface area contributed by atoms with Gasteiger partial charge in [-0.1, -0.05) is 23.2 Å². The Morgan fingerprint density at radius 1 is 1.34 bits per heavy atom. The van der Waals surface area contributed by atoms with Crippen molar-refractivity contribution < 1.29 is 26.7 Å². The fourth-order valence-electron chi connectivity index (χ4n) is 2.98. The molecule has 1 aromatic carbocycles. The number of nitrogens with one attached hydrogen (secondary N) is 1. The number of nitrogens with zero attached hydrogens (tertiary/aromatic N) is 1. The number of ether oxygens (including phenoxy) is 1. The van der Waals surface area contributed by atoms with E-state index in [0.717, 1.165) is 23.8 Å². The zero-order valence-corrected chi connectivity index (χ0v) is 16.9. The van der Waals surface area contributed by atoms with E-state index in [1.165, 1.54) is 18.2 Å². The quantitative estimate of drug-likeness (QED) is 0.412. The molecule has 0 saturated heterocycles. The average molecular weight is 443 g/mol. The van der Waals surface area contributed by atoms with Gasteiger partial charge in [-0.15, -0.1) is 0 Å². The topological polar surface area (TPSA) is 85.4 Å². The number of hydrogen-bond donors (Lipinski definition) is 1. The first-order chi connectivity index (χ1) is 13.7. The maximum atomic E-state index is 14.6. The number of aromatic nitrogens is 1. The molecule has 10 heteroatoms. The molecule has 0 radical (unpaired) electrons. The molecule has 0 bridgehead atoms. The SMILES string of the molecule is CCOC(=O)C=C1CC(c2cc(F)c(S(=O)(=O)Nc3cccc(F)n3)cc2Cl)C1. The Bertz CT molecular complexity index is 1080. The molecule has 1 aliphatic carbocycles. The van der Waals surface area contributed by atoms with Crippen molar-refractivity contribution >= 4 is 33.4 Å². The van der Waals surface area contributed by atoms with E-state index < -0.39 is 32.7 Å². The zero-order valence-electron chi connectivity index (χ0n) is 15.3. The van der Waals surface area contributed by atoms with E-state index in [1.807, 2.05) is 4.72 Å². The highest BCUT2D eigenvalue weighted by molar-refractivity contribution is 7.92. The summed E-state index contributed by atoms with van der Waals surface area (Å²) in [5.74, 6) is -2.71. The first kappa shape index (κ1) is 21.2. The summed E-state index contributed by atoms with van der Waals surface area (Å²) in [5.41, 5.74) is 1.30. The van der Waals surface area contributed by atoms with Gasteiger partial charge in [0.15, 0.2) is 0 Å². The average Bonchev–Trinajstić information content (AvgIpc) is 2.59. The van der Waals surface area contributed by atoms with Crippen LogP contribution in [0, 0.1) is 11.8 Å². The van der Waals surface area contributed by atoms with Crippen LogP contribution in [-0.4, -0.2) is 26.0 Å². The highest BCUT2D eigenvalue weighted by atomic mass is 35.5. The van der Waals surface area contributed by atoms with E-state index in [0.29, 0.717) is 18.4 Å². The second kappa shape index (κ2) is 8.46. The van der Waals surface area contributed by atoms with Crippen LogP contribution in [0.15, 0.2) is 46.9 Å². The summed E-state index contributed by atoms with van der Waals surface area (Å²) in [6.07, 6.45) is 2.39.